The van der Waals surface area contributed by atoms with Crippen molar-refractivity contribution in [3.05, 3.63) is 92.4 Å². The Morgan fingerprint density at radius 2 is 1.86 bits per heavy atom. The normalized spacial score (nSPS) is 10.5. The van der Waals surface area contributed by atoms with Crippen LogP contribution in [0.25, 0.3) is 0 Å². The summed E-state index contributed by atoms with van der Waals surface area (Å²) in [6, 6.07) is 18.4. The van der Waals surface area contributed by atoms with Crippen LogP contribution in [0.4, 0.5) is 5.69 Å². The molecule has 0 aliphatic rings. The number of aromatic carboxylic acids is 1. The molecular weight excluding hydrogens is 442 g/mol. The molecule has 0 aliphatic carbocycles. The second-order valence-corrected chi connectivity index (χ2v) is 7.71. The number of halogens is 2. The van der Waals surface area contributed by atoms with Gasteiger partial charge in [0.15, 0.2) is 0 Å². The van der Waals surface area contributed by atoms with Crippen LogP contribution in [0.5, 0.6) is 5.75 Å². The van der Waals surface area contributed by atoms with Gasteiger partial charge in [0.25, 0.3) is 0 Å². The number of ether oxygens (including phenoxy) is 1. The highest BCUT2D eigenvalue weighted by Gasteiger charge is 2.09. The van der Waals surface area contributed by atoms with Crippen LogP contribution in [0.3, 0.4) is 0 Å². The second-order valence-electron chi connectivity index (χ2n) is 6.36. The lowest BCUT2D eigenvalue weighted by Crippen LogP contribution is -2.06. The number of hydrogen-bond donors (Lipinski definition) is 2. The van der Waals surface area contributed by atoms with Crippen LogP contribution < -0.4 is 10.1 Å². The van der Waals surface area contributed by atoms with Gasteiger partial charge in [0.1, 0.15) is 12.4 Å². The molecule has 2 N–H and O–H groups in total. The topological polar surface area (TPSA) is 58.6 Å². The molecule has 0 aliphatic heterocycles. The van der Waals surface area contributed by atoms with E-state index in [1.165, 1.54) is 0 Å². The summed E-state index contributed by atoms with van der Waals surface area (Å²) < 4.78 is 6.94. The zero-order valence-electron chi connectivity index (χ0n) is 15.2. The highest BCUT2D eigenvalue weighted by molar-refractivity contribution is 9.10. The maximum Gasteiger partial charge on any atom is 0.335 e. The molecule has 0 atom stereocenters. The molecule has 0 aromatic heterocycles. The molecule has 4 nitrogen and oxygen atoms in total. The summed E-state index contributed by atoms with van der Waals surface area (Å²) in [6.07, 6.45) is 0. The Morgan fingerprint density at radius 3 is 2.57 bits per heavy atom. The number of aryl methyl sites for hydroxylation is 1. The average molecular weight is 461 g/mol. The lowest BCUT2D eigenvalue weighted by Gasteiger charge is -2.15. The van der Waals surface area contributed by atoms with E-state index in [0.29, 0.717) is 18.2 Å². The highest BCUT2D eigenvalue weighted by Crippen LogP contribution is 2.26. The molecule has 0 saturated heterocycles. The van der Waals surface area contributed by atoms with Gasteiger partial charge in [0.2, 0.25) is 0 Å². The quantitative estimate of drug-likeness (QED) is 0.434. The third-order valence-electron chi connectivity index (χ3n) is 4.28. The van der Waals surface area contributed by atoms with Gasteiger partial charge in [-0.3, -0.25) is 0 Å². The third-order valence-corrected chi connectivity index (χ3v) is 5.03. The van der Waals surface area contributed by atoms with Gasteiger partial charge < -0.3 is 15.2 Å². The fourth-order valence-corrected chi connectivity index (χ4v) is 3.24. The first-order valence-electron chi connectivity index (χ1n) is 8.66. The van der Waals surface area contributed by atoms with E-state index in [2.05, 4.69) is 21.2 Å². The fourth-order valence-electron chi connectivity index (χ4n) is 2.70. The molecule has 28 heavy (non-hydrogen) atoms. The Hall–Kier alpha value is -2.50. The van der Waals surface area contributed by atoms with Gasteiger partial charge >= 0.3 is 5.97 Å². The van der Waals surface area contributed by atoms with E-state index in [1.54, 1.807) is 18.2 Å². The van der Waals surface area contributed by atoms with Gasteiger partial charge in [-0.05, 0) is 60.5 Å². The molecule has 144 valence electrons. The zero-order chi connectivity index (χ0) is 20.1. The van der Waals surface area contributed by atoms with Gasteiger partial charge in [-0.25, -0.2) is 4.79 Å². The second kappa shape index (κ2) is 9.13. The SMILES string of the molecule is Cc1ccc(C(=O)O)cc1NCc1cc(Br)ccc1OCc1ccc(Cl)cc1. The molecule has 0 spiro atoms. The monoisotopic (exact) mass is 459 g/mol. The maximum atomic E-state index is 11.2. The summed E-state index contributed by atoms with van der Waals surface area (Å²) in [5.74, 6) is -0.185. The number of anilines is 1. The summed E-state index contributed by atoms with van der Waals surface area (Å²) in [5.41, 5.74) is 3.99. The first kappa shape index (κ1) is 20.2. The first-order chi connectivity index (χ1) is 13.4. The van der Waals surface area contributed by atoms with Crippen LogP contribution in [-0.4, -0.2) is 11.1 Å². The summed E-state index contributed by atoms with van der Waals surface area (Å²) >= 11 is 9.42. The standard InChI is InChI=1S/C22H19BrClNO3/c1-14-2-5-16(22(26)27)11-20(14)25-12-17-10-18(23)6-9-21(17)28-13-15-3-7-19(24)8-4-15/h2-11,25H,12-13H2,1H3,(H,26,27). The predicted molar refractivity (Wildman–Crippen MR) is 115 cm³/mol. The van der Waals surface area contributed by atoms with E-state index in [1.807, 2.05) is 49.4 Å². The van der Waals surface area contributed by atoms with Crippen LogP contribution in [0.15, 0.2) is 65.1 Å². The average Bonchev–Trinajstić information content (AvgIpc) is 2.67. The molecule has 6 heteroatoms. The van der Waals surface area contributed by atoms with E-state index in [4.69, 9.17) is 16.3 Å². The molecular formula is C22H19BrClNO3. The van der Waals surface area contributed by atoms with Crippen molar-refractivity contribution >= 4 is 39.2 Å². The van der Waals surface area contributed by atoms with Crippen molar-refractivity contribution in [2.24, 2.45) is 0 Å². The minimum absolute atomic E-state index is 0.251. The summed E-state index contributed by atoms with van der Waals surface area (Å²) in [5, 5.41) is 13.2. The number of benzene rings is 3. The minimum atomic E-state index is -0.947. The fraction of sp³-hybridized carbons (Fsp3) is 0.136. The van der Waals surface area contributed by atoms with Gasteiger partial charge in [-0.2, -0.15) is 0 Å². The van der Waals surface area contributed by atoms with E-state index in [-0.39, 0.29) is 5.56 Å². The number of carboxylic acid groups (broad SMARTS) is 1. The van der Waals surface area contributed by atoms with Crippen molar-refractivity contribution in [3.63, 3.8) is 0 Å². The van der Waals surface area contributed by atoms with Crippen molar-refractivity contribution in [2.75, 3.05) is 5.32 Å². The molecule has 0 heterocycles. The molecule has 3 rings (SSSR count). The molecule has 0 fully saturated rings. The van der Waals surface area contributed by atoms with Crippen molar-refractivity contribution < 1.29 is 14.6 Å². The highest BCUT2D eigenvalue weighted by atomic mass is 79.9. The summed E-state index contributed by atoms with van der Waals surface area (Å²) in [7, 11) is 0. The minimum Gasteiger partial charge on any atom is -0.489 e. The van der Waals surface area contributed by atoms with E-state index in [0.717, 1.165) is 32.6 Å². The molecule has 0 unspecified atom stereocenters. The number of rotatable bonds is 7. The Bertz CT molecular complexity index is 990. The van der Waals surface area contributed by atoms with E-state index < -0.39 is 5.97 Å². The lowest BCUT2D eigenvalue weighted by molar-refractivity contribution is 0.0697. The van der Waals surface area contributed by atoms with E-state index in [9.17, 15) is 9.90 Å². The van der Waals surface area contributed by atoms with Gasteiger partial charge in [-0.15, -0.1) is 0 Å². The van der Waals surface area contributed by atoms with Crippen molar-refractivity contribution in [3.8, 4) is 5.75 Å². The Balaban J connectivity index is 1.75. The largest absolute Gasteiger partial charge is 0.489 e. The Kier molecular flexibility index (Phi) is 6.60. The van der Waals surface area contributed by atoms with Gasteiger partial charge in [0, 0.05) is 27.3 Å². The molecule has 0 radical (unpaired) electrons. The molecule has 0 saturated carbocycles. The van der Waals surface area contributed by atoms with Crippen LogP contribution in [0, 0.1) is 6.92 Å². The lowest BCUT2D eigenvalue weighted by atomic mass is 10.1. The number of nitrogens with one attached hydrogen (secondary N) is 1. The Morgan fingerprint density at radius 1 is 1.11 bits per heavy atom. The Labute approximate surface area is 177 Å². The maximum absolute atomic E-state index is 11.2. The molecule has 0 bridgehead atoms. The first-order valence-corrected chi connectivity index (χ1v) is 9.83. The van der Waals surface area contributed by atoms with Crippen LogP contribution in [-0.2, 0) is 13.2 Å². The van der Waals surface area contributed by atoms with Crippen molar-refractivity contribution in [1.82, 2.24) is 0 Å². The number of carboxylic acids is 1. The van der Waals surface area contributed by atoms with Crippen molar-refractivity contribution in [2.45, 2.75) is 20.1 Å². The van der Waals surface area contributed by atoms with Gasteiger partial charge in [-0.1, -0.05) is 45.7 Å². The summed E-state index contributed by atoms with van der Waals surface area (Å²) in [6.45, 7) is 2.87. The third kappa shape index (κ3) is 5.27. The molecule has 3 aromatic carbocycles. The smallest absolute Gasteiger partial charge is 0.335 e. The van der Waals surface area contributed by atoms with Crippen LogP contribution >= 0.6 is 27.5 Å². The summed E-state index contributed by atoms with van der Waals surface area (Å²) in [4.78, 5) is 11.2. The van der Waals surface area contributed by atoms with E-state index >= 15 is 0 Å². The predicted octanol–water partition coefficient (Wildman–Crippen LogP) is 6.30. The number of hydrogen-bond acceptors (Lipinski definition) is 3. The zero-order valence-corrected chi connectivity index (χ0v) is 17.5. The molecule has 3 aromatic rings. The van der Waals surface area contributed by atoms with Gasteiger partial charge in [0.05, 0.1) is 5.56 Å². The molecule has 0 amide bonds. The number of carbonyl (C=O) groups is 1. The van der Waals surface area contributed by atoms with Crippen molar-refractivity contribution in [1.29, 1.82) is 0 Å². The van der Waals surface area contributed by atoms with Crippen LogP contribution in [0.2, 0.25) is 5.02 Å². The van der Waals surface area contributed by atoms with Crippen LogP contribution in [0.1, 0.15) is 27.0 Å².